The van der Waals surface area contributed by atoms with Crippen molar-refractivity contribution in [3.05, 3.63) is 53.6 Å². The standard InChI is InChI=1S/C22H30N2O4S.ClH/c1-27-21-11-10-20(16-22(21)28-2)29(25,26)23-13-6-3-7-14-24-15-12-18-8-4-5-9-19(18)17-24;/h4-5,8-11,16,23H,3,6-7,12-15,17H2,1-2H3;1H. The van der Waals surface area contributed by atoms with Gasteiger partial charge in [-0.3, -0.25) is 4.90 Å². The quantitative estimate of drug-likeness (QED) is 0.555. The molecule has 6 nitrogen and oxygen atoms in total. The minimum atomic E-state index is -3.55. The molecule has 0 aliphatic carbocycles. The van der Waals surface area contributed by atoms with Crippen molar-refractivity contribution in [3.8, 4) is 11.5 Å². The van der Waals surface area contributed by atoms with Crippen LogP contribution in [0.5, 0.6) is 11.5 Å². The number of sulfonamides is 1. The van der Waals surface area contributed by atoms with Gasteiger partial charge < -0.3 is 9.47 Å². The van der Waals surface area contributed by atoms with Crippen LogP contribution in [0.3, 0.4) is 0 Å². The zero-order valence-corrected chi connectivity index (χ0v) is 19.2. The van der Waals surface area contributed by atoms with Gasteiger partial charge in [-0.05, 0) is 49.1 Å². The first-order valence-electron chi connectivity index (χ1n) is 10.0. The van der Waals surface area contributed by atoms with Gasteiger partial charge in [0.2, 0.25) is 10.0 Å². The lowest BCUT2D eigenvalue weighted by Gasteiger charge is -2.28. The van der Waals surface area contributed by atoms with Crippen LogP contribution in [0, 0.1) is 0 Å². The number of hydrogen-bond donors (Lipinski definition) is 1. The zero-order valence-electron chi connectivity index (χ0n) is 17.6. The lowest BCUT2D eigenvalue weighted by atomic mass is 10.00. The number of ether oxygens (including phenoxy) is 2. The molecule has 1 aliphatic heterocycles. The predicted octanol–water partition coefficient (Wildman–Crippen LogP) is 3.63. The Morgan fingerprint density at radius 1 is 0.967 bits per heavy atom. The number of rotatable bonds is 10. The van der Waals surface area contributed by atoms with Crippen molar-refractivity contribution < 1.29 is 17.9 Å². The summed E-state index contributed by atoms with van der Waals surface area (Å²) in [6.45, 7) is 3.60. The molecule has 2 aromatic rings. The number of unbranched alkanes of at least 4 members (excludes halogenated alkanes) is 2. The molecule has 2 aromatic carbocycles. The number of hydrogen-bond acceptors (Lipinski definition) is 5. The second kappa shape index (κ2) is 11.6. The number of nitrogens with zero attached hydrogens (tertiary/aromatic N) is 1. The summed E-state index contributed by atoms with van der Waals surface area (Å²) in [5.74, 6) is 0.908. The third-order valence-electron chi connectivity index (χ3n) is 5.32. The van der Waals surface area contributed by atoms with Gasteiger partial charge in [-0.25, -0.2) is 13.1 Å². The van der Waals surface area contributed by atoms with Gasteiger partial charge in [0.15, 0.2) is 11.5 Å². The summed E-state index contributed by atoms with van der Waals surface area (Å²) < 4.78 is 38.0. The summed E-state index contributed by atoms with van der Waals surface area (Å²) in [7, 11) is -0.545. The molecule has 0 atom stereocenters. The first-order chi connectivity index (χ1) is 14.0. The Bertz CT molecular complexity index is 921. The molecule has 0 aromatic heterocycles. The summed E-state index contributed by atoms with van der Waals surface area (Å²) in [6, 6.07) is 13.3. The van der Waals surface area contributed by atoms with Crippen LogP contribution in [-0.4, -0.2) is 47.2 Å². The summed E-state index contributed by atoms with van der Waals surface area (Å²) in [6.07, 6.45) is 3.99. The molecule has 0 radical (unpaired) electrons. The Kier molecular flexibility index (Phi) is 9.42. The van der Waals surface area contributed by atoms with Crippen LogP contribution < -0.4 is 14.2 Å². The maximum absolute atomic E-state index is 12.5. The van der Waals surface area contributed by atoms with E-state index < -0.39 is 10.0 Å². The van der Waals surface area contributed by atoms with Crippen molar-refractivity contribution in [2.75, 3.05) is 33.9 Å². The number of fused-ring (bicyclic) bond motifs is 1. The van der Waals surface area contributed by atoms with E-state index in [1.807, 2.05) is 0 Å². The Balaban J connectivity index is 0.00000320. The van der Waals surface area contributed by atoms with Gasteiger partial charge in [0, 0.05) is 25.7 Å². The number of methoxy groups -OCH3 is 2. The molecular formula is C22H31ClN2O4S. The fraction of sp³-hybridized carbons (Fsp3) is 0.455. The molecule has 3 rings (SSSR count). The molecule has 0 unspecified atom stereocenters. The second-order valence-corrected chi connectivity index (χ2v) is 9.04. The molecular weight excluding hydrogens is 424 g/mol. The highest BCUT2D eigenvalue weighted by Crippen LogP contribution is 2.29. The van der Waals surface area contributed by atoms with E-state index >= 15 is 0 Å². The summed E-state index contributed by atoms with van der Waals surface area (Å²) in [5.41, 5.74) is 2.90. The molecule has 0 bridgehead atoms. The first-order valence-corrected chi connectivity index (χ1v) is 11.5. The SMILES string of the molecule is COc1ccc(S(=O)(=O)NCCCCCN2CCc3ccccc3C2)cc1OC.Cl. The largest absolute Gasteiger partial charge is 0.493 e. The Hall–Kier alpha value is -1.80. The molecule has 30 heavy (non-hydrogen) atoms. The molecule has 1 heterocycles. The van der Waals surface area contributed by atoms with Gasteiger partial charge in [0.05, 0.1) is 19.1 Å². The molecule has 8 heteroatoms. The molecule has 0 amide bonds. The maximum atomic E-state index is 12.5. The predicted molar refractivity (Wildman–Crippen MR) is 121 cm³/mol. The van der Waals surface area contributed by atoms with Gasteiger partial charge >= 0.3 is 0 Å². The van der Waals surface area contributed by atoms with Crippen LogP contribution in [0.4, 0.5) is 0 Å². The molecule has 0 saturated carbocycles. The minimum absolute atomic E-state index is 0. The van der Waals surface area contributed by atoms with E-state index in [4.69, 9.17) is 9.47 Å². The average Bonchev–Trinajstić information content (AvgIpc) is 2.75. The lowest BCUT2D eigenvalue weighted by molar-refractivity contribution is 0.248. The monoisotopic (exact) mass is 454 g/mol. The van der Waals surface area contributed by atoms with E-state index in [1.165, 1.54) is 37.5 Å². The van der Waals surface area contributed by atoms with Crippen LogP contribution in [0.1, 0.15) is 30.4 Å². The molecule has 0 saturated heterocycles. The van der Waals surface area contributed by atoms with Crippen molar-refractivity contribution in [1.82, 2.24) is 9.62 Å². The average molecular weight is 455 g/mol. The van der Waals surface area contributed by atoms with E-state index in [9.17, 15) is 8.42 Å². The van der Waals surface area contributed by atoms with Crippen molar-refractivity contribution >= 4 is 22.4 Å². The van der Waals surface area contributed by atoms with E-state index in [0.717, 1.165) is 45.3 Å². The number of halogens is 1. The minimum Gasteiger partial charge on any atom is -0.493 e. The molecule has 1 aliphatic rings. The van der Waals surface area contributed by atoms with E-state index in [1.54, 1.807) is 6.07 Å². The Labute approximate surface area is 186 Å². The summed E-state index contributed by atoms with van der Waals surface area (Å²) in [5, 5.41) is 0. The summed E-state index contributed by atoms with van der Waals surface area (Å²) in [4.78, 5) is 2.66. The van der Waals surface area contributed by atoms with Crippen molar-refractivity contribution in [2.24, 2.45) is 0 Å². The normalized spacial score (nSPS) is 13.9. The van der Waals surface area contributed by atoms with Gasteiger partial charge in [-0.1, -0.05) is 30.7 Å². The second-order valence-electron chi connectivity index (χ2n) is 7.27. The molecule has 0 fully saturated rings. The topological polar surface area (TPSA) is 67.9 Å². The van der Waals surface area contributed by atoms with Crippen LogP contribution in [0.2, 0.25) is 0 Å². The van der Waals surface area contributed by atoms with Crippen LogP contribution in [0.25, 0.3) is 0 Å². The van der Waals surface area contributed by atoms with Crippen LogP contribution in [-0.2, 0) is 23.0 Å². The molecule has 1 N–H and O–H groups in total. The van der Waals surface area contributed by atoms with Crippen LogP contribution >= 0.6 is 12.4 Å². The lowest BCUT2D eigenvalue weighted by Crippen LogP contribution is -2.31. The van der Waals surface area contributed by atoms with E-state index in [-0.39, 0.29) is 17.3 Å². The first kappa shape index (κ1) is 24.5. The van der Waals surface area contributed by atoms with Crippen LogP contribution in [0.15, 0.2) is 47.4 Å². The third-order valence-corrected chi connectivity index (χ3v) is 6.78. The van der Waals surface area contributed by atoms with Gasteiger partial charge in [-0.15, -0.1) is 12.4 Å². The Morgan fingerprint density at radius 2 is 1.70 bits per heavy atom. The smallest absolute Gasteiger partial charge is 0.240 e. The van der Waals surface area contributed by atoms with Gasteiger partial charge in [-0.2, -0.15) is 0 Å². The molecule has 0 spiro atoms. The number of nitrogens with one attached hydrogen (secondary N) is 1. The fourth-order valence-electron chi connectivity index (χ4n) is 3.66. The summed E-state index contributed by atoms with van der Waals surface area (Å²) >= 11 is 0. The zero-order chi connectivity index (χ0) is 20.7. The third kappa shape index (κ3) is 6.35. The molecule has 166 valence electrons. The highest BCUT2D eigenvalue weighted by molar-refractivity contribution is 7.89. The van der Waals surface area contributed by atoms with E-state index in [0.29, 0.717) is 18.0 Å². The number of benzene rings is 2. The maximum Gasteiger partial charge on any atom is 0.240 e. The van der Waals surface area contributed by atoms with Gasteiger partial charge in [0.25, 0.3) is 0 Å². The van der Waals surface area contributed by atoms with Gasteiger partial charge in [0.1, 0.15) is 0 Å². The van der Waals surface area contributed by atoms with E-state index in [2.05, 4.69) is 33.9 Å². The highest BCUT2D eigenvalue weighted by Gasteiger charge is 2.17. The van der Waals surface area contributed by atoms with Crippen molar-refractivity contribution in [1.29, 1.82) is 0 Å². The van der Waals surface area contributed by atoms with Crippen molar-refractivity contribution in [2.45, 2.75) is 37.1 Å². The Morgan fingerprint density at radius 3 is 2.43 bits per heavy atom. The highest BCUT2D eigenvalue weighted by atomic mass is 35.5. The van der Waals surface area contributed by atoms with Crippen molar-refractivity contribution in [3.63, 3.8) is 0 Å². The fourth-order valence-corrected chi connectivity index (χ4v) is 4.74.